The number of fused-ring (bicyclic) bond motifs is 1. The Labute approximate surface area is 91.5 Å². The summed E-state index contributed by atoms with van der Waals surface area (Å²) in [7, 11) is 0. The van der Waals surface area contributed by atoms with E-state index in [0.29, 0.717) is 22.7 Å². The van der Waals surface area contributed by atoms with E-state index in [1.165, 1.54) is 17.6 Å². The number of hydrogen-bond donors (Lipinski definition) is 1. The van der Waals surface area contributed by atoms with E-state index in [9.17, 15) is 4.79 Å². The number of rotatable bonds is 1. The lowest BCUT2D eigenvalue weighted by molar-refractivity contribution is -0.114. The molecule has 0 radical (unpaired) electrons. The summed E-state index contributed by atoms with van der Waals surface area (Å²) in [6.45, 7) is 3.20. The summed E-state index contributed by atoms with van der Waals surface area (Å²) < 4.78 is 1.44. The first-order valence-corrected chi connectivity index (χ1v) is 4.65. The minimum absolute atomic E-state index is 0.194. The van der Waals surface area contributed by atoms with E-state index >= 15 is 0 Å². The van der Waals surface area contributed by atoms with Gasteiger partial charge in [-0.15, -0.1) is 0 Å². The smallest absolute Gasteiger partial charge is 0.222 e. The zero-order chi connectivity index (χ0) is 11.7. The minimum Gasteiger partial charge on any atom is -0.311 e. The highest BCUT2D eigenvalue weighted by molar-refractivity contribution is 5.88. The molecule has 1 amide bonds. The summed E-state index contributed by atoms with van der Waals surface area (Å²) in [4.78, 5) is 15.2. The maximum Gasteiger partial charge on any atom is 0.222 e. The molecule has 0 aromatic carbocycles. The molecule has 16 heavy (non-hydrogen) atoms. The maximum absolute atomic E-state index is 11.0. The van der Waals surface area contributed by atoms with Crippen LogP contribution in [0.5, 0.6) is 0 Å². The summed E-state index contributed by atoms with van der Waals surface area (Å²) in [5.74, 6) is 0.317. The maximum atomic E-state index is 11.0. The lowest BCUT2D eigenvalue weighted by Gasteiger charge is -2.05. The molecule has 0 aliphatic rings. The molecule has 0 aliphatic heterocycles. The molecule has 1 N–H and O–H groups in total. The van der Waals surface area contributed by atoms with E-state index in [0.717, 1.165) is 0 Å². The van der Waals surface area contributed by atoms with E-state index in [1.807, 2.05) is 6.07 Å². The number of nitriles is 1. The standard InChI is InChI=1S/C10H9N5O/c1-6-3-9(14-7(2)16)15-10(13-6)8(4-11)5-12-15/h3,5H,1-2H3,(H,14,16). The minimum atomic E-state index is -0.194. The first-order valence-electron chi connectivity index (χ1n) is 4.65. The van der Waals surface area contributed by atoms with Gasteiger partial charge in [-0.3, -0.25) is 4.79 Å². The molecular formula is C10H9N5O. The number of nitrogens with zero attached hydrogens (tertiary/aromatic N) is 4. The molecule has 0 aliphatic carbocycles. The monoisotopic (exact) mass is 215 g/mol. The second-order valence-corrected chi connectivity index (χ2v) is 3.37. The van der Waals surface area contributed by atoms with Crippen molar-refractivity contribution in [1.29, 1.82) is 5.26 Å². The second kappa shape index (κ2) is 3.62. The molecule has 0 unspecified atom stereocenters. The molecule has 0 spiro atoms. The Kier molecular flexibility index (Phi) is 2.29. The molecule has 2 heterocycles. The van der Waals surface area contributed by atoms with Crippen LogP contribution in [0.3, 0.4) is 0 Å². The Hall–Kier alpha value is -2.42. The number of aryl methyl sites for hydroxylation is 1. The highest BCUT2D eigenvalue weighted by Crippen LogP contribution is 2.14. The molecule has 0 saturated heterocycles. The van der Waals surface area contributed by atoms with Gasteiger partial charge < -0.3 is 5.32 Å². The summed E-state index contributed by atoms with van der Waals surface area (Å²) in [6.07, 6.45) is 1.42. The largest absolute Gasteiger partial charge is 0.311 e. The molecule has 2 aromatic rings. The molecule has 6 heteroatoms. The SMILES string of the molecule is CC(=O)Nc1cc(C)nc2c(C#N)cnn12. The summed E-state index contributed by atoms with van der Waals surface area (Å²) in [6, 6.07) is 3.70. The quantitative estimate of drug-likeness (QED) is 0.765. The van der Waals surface area contributed by atoms with Crippen molar-refractivity contribution in [2.45, 2.75) is 13.8 Å². The first kappa shape index (κ1) is 10.1. The lowest BCUT2D eigenvalue weighted by Crippen LogP contribution is -2.11. The Morgan fingerprint density at radius 2 is 2.38 bits per heavy atom. The molecule has 0 saturated carbocycles. The number of amides is 1. The van der Waals surface area contributed by atoms with Crippen LogP contribution in [0.2, 0.25) is 0 Å². The molecule has 2 aromatic heterocycles. The van der Waals surface area contributed by atoms with Crippen molar-refractivity contribution in [3.05, 3.63) is 23.5 Å². The third kappa shape index (κ3) is 1.59. The highest BCUT2D eigenvalue weighted by atomic mass is 16.1. The van der Waals surface area contributed by atoms with Gasteiger partial charge in [0.25, 0.3) is 0 Å². The fraction of sp³-hybridized carbons (Fsp3) is 0.200. The average Bonchev–Trinajstić information content (AvgIpc) is 2.59. The van der Waals surface area contributed by atoms with Gasteiger partial charge >= 0.3 is 0 Å². The van der Waals surface area contributed by atoms with Gasteiger partial charge in [0.2, 0.25) is 5.91 Å². The number of nitrogens with one attached hydrogen (secondary N) is 1. The van der Waals surface area contributed by atoms with Gasteiger partial charge in [0.15, 0.2) is 5.65 Å². The first-order chi connectivity index (χ1) is 7.61. The highest BCUT2D eigenvalue weighted by Gasteiger charge is 2.10. The van der Waals surface area contributed by atoms with Crippen molar-refractivity contribution >= 4 is 17.4 Å². The predicted octanol–water partition coefficient (Wildman–Crippen LogP) is 0.868. The molecule has 0 fully saturated rings. The summed E-state index contributed by atoms with van der Waals surface area (Å²) in [5, 5.41) is 15.5. The Morgan fingerprint density at radius 3 is 3.00 bits per heavy atom. The zero-order valence-corrected chi connectivity index (χ0v) is 8.85. The van der Waals surface area contributed by atoms with E-state index in [1.54, 1.807) is 13.0 Å². The van der Waals surface area contributed by atoms with Crippen molar-refractivity contribution in [2.24, 2.45) is 0 Å². The number of carbonyl (C=O) groups is 1. The van der Waals surface area contributed by atoms with Crippen LogP contribution in [-0.4, -0.2) is 20.5 Å². The van der Waals surface area contributed by atoms with Crippen molar-refractivity contribution in [3.63, 3.8) is 0 Å². The normalized spacial score (nSPS) is 10.1. The molecule has 2 rings (SSSR count). The summed E-state index contributed by atoms with van der Waals surface area (Å²) >= 11 is 0. The van der Waals surface area contributed by atoms with E-state index < -0.39 is 0 Å². The fourth-order valence-corrected chi connectivity index (χ4v) is 1.43. The van der Waals surface area contributed by atoms with E-state index in [4.69, 9.17) is 5.26 Å². The van der Waals surface area contributed by atoms with E-state index in [-0.39, 0.29) is 5.91 Å². The van der Waals surface area contributed by atoms with Gasteiger partial charge in [0, 0.05) is 18.7 Å². The van der Waals surface area contributed by atoms with Crippen LogP contribution in [-0.2, 0) is 4.79 Å². The zero-order valence-electron chi connectivity index (χ0n) is 8.85. The number of carbonyl (C=O) groups excluding carboxylic acids is 1. The van der Waals surface area contributed by atoms with Crippen LogP contribution < -0.4 is 5.32 Å². The van der Waals surface area contributed by atoms with Crippen LogP contribution >= 0.6 is 0 Å². The molecular weight excluding hydrogens is 206 g/mol. The van der Waals surface area contributed by atoms with Crippen LogP contribution in [0, 0.1) is 18.3 Å². The predicted molar refractivity (Wildman–Crippen MR) is 56.7 cm³/mol. The number of aromatic nitrogens is 3. The van der Waals surface area contributed by atoms with Gasteiger partial charge in [-0.25, -0.2) is 4.98 Å². The average molecular weight is 215 g/mol. The molecule has 0 atom stereocenters. The Morgan fingerprint density at radius 1 is 1.62 bits per heavy atom. The Balaban J connectivity index is 2.70. The van der Waals surface area contributed by atoms with Crippen LogP contribution in [0.4, 0.5) is 5.82 Å². The lowest BCUT2D eigenvalue weighted by atomic mass is 10.3. The van der Waals surface area contributed by atoms with Crippen LogP contribution in [0.15, 0.2) is 12.3 Å². The molecule has 6 nitrogen and oxygen atoms in total. The van der Waals surface area contributed by atoms with Gasteiger partial charge in [-0.05, 0) is 6.92 Å². The van der Waals surface area contributed by atoms with Gasteiger partial charge in [-0.1, -0.05) is 0 Å². The molecule has 80 valence electrons. The van der Waals surface area contributed by atoms with Crippen molar-refractivity contribution < 1.29 is 4.79 Å². The van der Waals surface area contributed by atoms with Crippen LogP contribution in [0.25, 0.3) is 5.65 Å². The second-order valence-electron chi connectivity index (χ2n) is 3.37. The van der Waals surface area contributed by atoms with Crippen LogP contribution in [0.1, 0.15) is 18.2 Å². The van der Waals surface area contributed by atoms with E-state index in [2.05, 4.69) is 15.4 Å². The number of anilines is 1. The van der Waals surface area contributed by atoms with Gasteiger partial charge in [-0.2, -0.15) is 14.9 Å². The third-order valence-electron chi connectivity index (χ3n) is 2.02. The van der Waals surface area contributed by atoms with Crippen molar-refractivity contribution in [1.82, 2.24) is 14.6 Å². The topological polar surface area (TPSA) is 83.1 Å². The van der Waals surface area contributed by atoms with Crippen molar-refractivity contribution in [3.8, 4) is 6.07 Å². The molecule has 0 bridgehead atoms. The summed E-state index contributed by atoms with van der Waals surface area (Å²) in [5.41, 5.74) is 1.55. The van der Waals surface area contributed by atoms with Gasteiger partial charge in [0.05, 0.1) is 6.20 Å². The van der Waals surface area contributed by atoms with Gasteiger partial charge in [0.1, 0.15) is 17.5 Å². The Bertz CT molecular complexity index is 607. The fourth-order valence-electron chi connectivity index (χ4n) is 1.43. The third-order valence-corrected chi connectivity index (χ3v) is 2.02. The number of hydrogen-bond acceptors (Lipinski definition) is 4. The van der Waals surface area contributed by atoms with Crippen molar-refractivity contribution in [2.75, 3.05) is 5.32 Å².